The molecule has 1 amide bonds. The van der Waals surface area contributed by atoms with Crippen LogP contribution in [-0.2, 0) is 0 Å². The van der Waals surface area contributed by atoms with Crippen LogP contribution < -0.4 is 14.9 Å². The Balaban J connectivity index is 1.34. The molecule has 4 aromatic rings. The van der Waals surface area contributed by atoms with Crippen molar-refractivity contribution in [2.24, 2.45) is 5.10 Å². The third-order valence-corrected chi connectivity index (χ3v) is 5.98. The molecule has 0 bridgehead atoms. The van der Waals surface area contributed by atoms with Crippen LogP contribution in [0, 0.1) is 0 Å². The fourth-order valence-corrected chi connectivity index (χ4v) is 4.25. The lowest BCUT2D eigenvalue weighted by Gasteiger charge is -2.13. The van der Waals surface area contributed by atoms with E-state index in [0.29, 0.717) is 30.3 Å². The van der Waals surface area contributed by atoms with Gasteiger partial charge in [-0.15, -0.1) is 11.8 Å². The number of amides is 1. The monoisotopic (exact) mass is 471 g/mol. The molecule has 172 valence electrons. The number of fused-ring (bicyclic) bond motifs is 1. The van der Waals surface area contributed by atoms with Crippen molar-refractivity contribution in [2.45, 2.75) is 11.8 Å². The van der Waals surface area contributed by atoms with E-state index < -0.39 is 0 Å². The van der Waals surface area contributed by atoms with E-state index in [2.05, 4.69) is 58.0 Å². The van der Waals surface area contributed by atoms with Crippen LogP contribution in [0.15, 0.2) is 95.2 Å². The lowest BCUT2D eigenvalue weighted by molar-refractivity contribution is 0.0955. The molecule has 1 N–H and O–H groups in total. The maximum Gasteiger partial charge on any atom is 0.271 e. The fourth-order valence-electron chi connectivity index (χ4n) is 3.35. The van der Waals surface area contributed by atoms with Crippen molar-refractivity contribution in [1.82, 2.24) is 10.4 Å². The Bertz CT molecular complexity index is 1270. The first-order valence-electron chi connectivity index (χ1n) is 11.0. The van der Waals surface area contributed by atoms with Gasteiger partial charge in [-0.1, -0.05) is 36.4 Å². The van der Waals surface area contributed by atoms with E-state index in [0.717, 1.165) is 11.3 Å². The molecular formula is C27H25N3O3S. The quantitative estimate of drug-likeness (QED) is 0.142. The van der Waals surface area contributed by atoms with Crippen molar-refractivity contribution >= 4 is 34.7 Å². The third kappa shape index (κ3) is 6.14. The summed E-state index contributed by atoms with van der Waals surface area (Å²) in [5.74, 6) is 1.83. The number of carbonyl (C=O) groups is 1. The summed E-state index contributed by atoms with van der Waals surface area (Å²) in [7, 11) is 0. The van der Waals surface area contributed by atoms with Gasteiger partial charge in [0.2, 0.25) is 0 Å². The van der Waals surface area contributed by atoms with E-state index >= 15 is 0 Å². The minimum Gasteiger partial charge on any atom is -0.490 e. The number of thioether (sulfide) groups is 1. The SMILES string of the molecule is CCOc1cc(/C=N/NC(=O)c2ccncc2)ccc1OCCSc1cccc2ccccc12. The number of aromatic nitrogens is 1. The van der Waals surface area contributed by atoms with E-state index in [9.17, 15) is 4.79 Å². The molecule has 34 heavy (non-hydrogen) atoms. The molecule has 0 aliphatic heterocycles. The van der Waals surface area contributed by atoms with Gasteiger partial charge in [0, 0.05) is 28.6 Å². The number of hydrogen-bond acceptors (Lipinski definition) is 6. The molecule has 0 saturated carbocycles. The first-order valence-corrected chi connectivity index (χ1v) is 12.0. The number of nitrogens with zero attached hydrogens (tertiary/aromatic N) is 2. The van der Waals surface area contributed by atoms with E-state index in [1.807, 2.05) is 25.1 Å². The van der Waals surface area contributed by atoms with Crippen LogP contribution in [0.2, 0.25) is 0 Å². The van der Waals surface area contributed by atoms with Crippen LogP contribution >= 0.6 is 11.8 Å². The summed E-state index contributed by atoms with van der Waals surface area (Å²) < 4.78 is 11.8. The molecular weight excluding hydrogens is 446 g/mol. The lowest BCUT2D eigenvalue weighted by Crippen LogP contribution is -2.17. The van der Waals surface area contributed by atoms with Gasteiger partial charge < -0.3 is 9.47 Å². The summed E-state index contributed by atoms with van der Waals surface area (Å²) >= 11 is 1.77. The van der Waals surface area contributed by atoms with Crippen LogP contribution in [0.1, 0.15) is 22.8 Å². The highest BCUT2D eigenvalue weighted by atomic mass is 32.2. The Morgan fingerprint density at radius 3 is 2.68 bits per heavy atom. The predicted octanol–water partition coefficient (Wildman–Crippen LogP) is 5.57. The van der Waals surface area contributed by atoms with Crippen LogP contribution in [0.5, 0.6) is 11.5 Å². The van der Waals surface area contributed by atoms with Crippen molar-refractivity contribution < 1.29 is 14.3 Å². The summed E-state index contributed by atoms with van der Waals surface area (Å²) in [6.07, 6.45) is 4.69. The van der Waals surface area contributed by atoms with E-state index in [1.165, 1.54) is 15.7 Å². The average molecular weight is 472 g/mol. The summed E-state index contributed by atoms with van der Waals surface area (Å²) in [5.41, 5.74) is 3.79. The number of pyridine rings is 1. The van der Waals surface area contributed by atoms with Gasteiger partial charge >= 0.3 is 0 Å². The Kier molecular flexibility index (Phi) is 8.13. The maximum atomic E-state index is 12.1. The molecule has 0 aliphatic rings. The molecule has 0 fully saturated rings. The molecule has 4 rings (SSSR count). The van der Waals surface area contributed by atoms with Gasteiger partial charge in [-0.05, 0) is 59.7 Å². The molecule has 0 saturated heterocycles. The van der Waals surface area contributed by atoms with Gasteiger partial charge in [0.05, 0.1) is 19.4 Å². The zero-order chi connectivity index (χ0) is 23.6. The second kappa shape index (κ2) is 11.9. The van der Waals surface area contributed by atoms with Crippen molar-refractivity contribution in [3.05, 3.63) is 96.3 Å². The van der Waals surface area contributed by atoms with Crippen molar-refractivity contribution in [2.75, 3.05) is 19.0 Å². The second-order valence-corrected chi connectivity index (χ2v) is 8.39. The van der Waals surface area contributed by atoms with E-state index in [-0.39, 0.29) is 5.91 Å². The highest BCUT2D eigenvalue weighted by Gasteiger charge is 2.08. The van der Waals surface area contributed by atoms with Gasteiger partial charge in [-0.2, -0.15) is 5.10 Å². The standard InChI is InChI=1S/C27H25N3O3S/c1-2-32-25-18-20(19-29-30-27(31)22-12-14-28-15-13-22)10-11-24(25)33-16-17-34-26-9-5-7-21-6-3-4-8-23(21)26/h3-15,18-19H,2,16-17H2,1H3,(H,30,31)/b29-19+. The van der Waals surface area contributed by atoms with Gasteiger partial charge in [-0.3, -0.25) is 9.78 Å². The molecule has 0 spiro atoms. The Morgan fingerprint density at radius 2 is 1.82 bits per heavy atom. The normalized spacial score (nSPS) is 11.0. The first-order chi connectivity index (χ1) is 16.7. The topological polar surface area (TPSA) is 72.8 Å². The zero-order valence-electron chi connectivity index (χ0n) is 18.8. The van der Waals surface area contributed by atoms with Crippen molar-refractivity contribution in [1.29, 1.82) is 0 Å². The van der Waals surface area contributed by atoms with Gasteiger partial charge in [-0.25, -0.2) is 5.43 Å². The third-order valence-electron chi connectivity index (χ3n) is 4.94. The summed E-state index contributed by atoms with van der Waals surface area (Å²) in [5, 5.41) is 6.53. The number of ether oxygens (including phenoxy) is 2. The summed E-state index contributed by atoms with van der Waals surface area (Å²) in [6, 6.07) is 23.6. The number of hydrogen-bond donors (Lipinski definition) is 1. The predicted molar refractivity (Wildman–Crippen MR) is 137 cm³/mol. The smallest absolute Gasteiger partial charge is 0.271 e. The number of hydrazone groups is 1. The van der Waals surface area contributed by atoms with Crippen LogP contribution in [0.4, 0.5) is 0 Å². The zero-order valence-corrected chi connectivity index (χ0v) is 19.6. The van der Waals surface area contributed by atoms with Crippen molar-refractivity contribution in [3.63, 3.8) is 0 Å². The van der Waals surface area contributed by atoms with Gasteiger partial charge in [0.25, 0.3) is 5.91 Å². The van der Waals surface area contributed by atoms with Crippen molar-refractivity contribution in [3.8, 4) is 11.5 Å². The summed E-state index contributed by atoms with van der Waals surface area (Å²) in [6.45, 7) is 2.99. The number of benzene rings is 3. The second-order valence-electron chi connectivity index (χ2n) is 7.25. The Hall–Kier alpha value is -3.84. The molecule has 0 aliphatic carbocycles. The molecule has 0 atom stereocenters. The Labute approximate surface area is 203 Å². The molecule has 7 heteroatoms. The first kappa shape index (κ1) is 23.3. The van der Waals surface area contributed by atoms with Crippen LogP contribution in [0.25, 0.3) is 10.8 Å². The van der Waals surface area contributed by atoms with E-state index in [1.54, 1.807) is 42.5 Å². The average Bonchev–Trinajstić information content (AvgIpc) is 2.88. The highest BCUT2D eigenvalue weighted by molar-refractivity contribution is 7.99. The highest BCUT2D eigenvalue weighted by Crippen LogP contribution is 2.30. The molecule has 3 aromatic carbocycles. The maximum absolute atomic E-state index is 12.1. The molecule has 6 nitrogen and oxygen atoms in total. The summed E-state index contributed by atoms with van der Waals surface area (Å²) in [4.78, 5) is 17.2. The lowest BCUT2D eigenvalue weighted by atomic mass is 10.1. The number of rotatable bonds is 10. The van der Waals surface area contributed by atoms with Gasteiger partial charge in [0.1, 0.15) is 0 Å². The van der Waals surface area contributed by atoms with Crippen LogP contribution in [-0.4, -0.2) is 36.1 Å². The number of carbonyl (C=O) groups excluding carboxylic acids is 1. The molecule has 0 radical (unpaired) electrons. The Morgan fingerprint density at radius 1 is 1.00 bits per heavy atom. The molecule has 1 aromatic heterocycles. The van der Waals surface area contributed by atoms with Crippen LogP contribution in [0.3, 0.4) is 0 Å². The minimum atomic E-state index is -0.299. The molecule has 1 heterocycles. The number of nitrogens with one attached hydrogen (secondary N) is 1. The largest absolute Gasteiger partial charge is 0.490 e. The van der Waals surface area contributed by atoms with E-state index in [4.69, 9.17) is 9.47 Å². The fraction of sp³-hybridized carbons (Fsp3) is 0.148. The minimum absolute atomic E-state index is 0.299. The van der Waals surface area contributed by atoms with Gasteiger partial charge in [0.15, 0.2) is 11.5 Å². The molecule has 0 unspecified atom stereocenters.